The van der Waals surface area contributed by atoms with Gasteiger partial charge >= 0.3 is 0 Å². The van der Waals surface area contributed by atoms with Gasteiger partial charge in [0.05, 0.1) is 0 Å². The van der Waals surface area contributed by atoms with Crippen molar-refractivity contribution in [1.29, 1.82) is 0 Å². The molecule has 0 aromatic carbocycles. The summed E-state index contributed by atoms with van der Waals surface area (Å²) in [6.07, 6.45) is 4.48. The molecule has 0 saturated heterocycles. The molecule has 0 aliphatic heterocycles. The molecule has 86 valence electrons. The van der Waals surface area contributed by atoms with Gasteiger partial charge in [-0.05, 0) is 42.6 Å². The van der Waals surface area contributed by atoms with Crippen molar-refractivity contribution in [2.24, 2.45) is 22.7 Å². The minimum Gasteiger partial charge on any atom is -0.300 e. The van der Waals surface area contributed by atoms with E-state index in [0.29, 0.717) is 18.1 Å². The van der Waals surface area contributed by atoms with Gasteiger partial charge in [0, 0.05) is 12.3 Å². The van der Waals surface area contributed by atoms with Crippen molar-refractivity contribution in [3.05, 3.63) is 11.6 Å². The number of hydrogen-bond donors (Lipinski definition) is 0. The predicted octanol–water partition coefficient (Wildman–Crippen LogP) is 2.53. The average molecular weight is 218 g/mol. The lowest BCUT2D eigenvalue weighted by atomic mass is 9.63. The SMILES string of the molecule is CC(=O)[C@H]1C[C@@]2(C)CC(=O)C=C2[C@@]2(C)C[C@@H]12. The zero-order valence-electron chi connectivity index (χ0n) is 10.2. The van der Waals surface area contributed by atoms with E-state index in [1.807, 2.05) is 6.08 Å². The Morgan fingerprint density at radius 2 is 2.06 bits per heavy atom. The molecule has 0 unspecified atom stereocenters. The molecule has 0 amide bonds. The molecule has 4 atom stereocenters. The molecule has 3 aliphatic carbocycles. The topological polar surface area (TPSA) is 34.1 Å². The summed E-state index contributed by atoms with van der Waals surface area (Å²) in [4.78, 5) is 23.3. The first-order valence-corrected chi connectivity index (χ1v) is 6.13. The van der Waals surface area contributed by atoms with Crippen LogP contribution >= 0.6 is 0 Å². The minimum absolute atomic E-state index is 0.0187. The minimum atomic E-state index is -0.0187. The van der Waals surface area contributed by atoms with Crippen LogP contribution < -0.4 is 0 Å². The second kappa shape index (κ2) is 2.66. The number of Topliss-reactive ketones (excluding diaryl/α,β-unsaturated/α-hetero) is 1. The van der Waals surface area contributed by atoms with Gasteiger partial charge in [-0.25, -0.2) is 0 Å². The molecule has 2 saturated carbocycles. The molecule has 16 heavy (non-hydrogen) atoms. The van der Waals surface area contributed by atoms with E-state index in [-0.39, 0.29) is 22.5 Å². The Labute approximate surface area is 96.1 Å². The van der Waals surface area contributed by atoms with Crippen molar-refractivity contribution in [1.82, 2.24) is 0 Å². The van der Waals surface area contributed by atoms with Crippen LogP contribution in [0.1, 0.15) is 40.0 Å². The summed E-state index contributed by atoms with van der Waals surface area (Å²) in [7, 11) is 0. The number of rotatable bonds is 1. The summed E-state index contributed by atoms with van der Waals surface area (Å²) >= 11 is 0. The number of ketones is 2. The Morgan fingerprint density at radius 1 is 1.38 bits per heavy atom. The summed E-state index contributed by atoms with van der Waals surface area (Å²) in [5, 5.41) is 0. The quantitative estimate of drug-likeness (QED) is 0.677. The molecule has 0 N–H and O–H groups in total. The van der Waals surface area contributed by atoms with Crippen molar-refractivity contribution in [3.8, 4) is 0 Å². The van der Waals surface area contributed by atoms with Crippen molar-refractivity contribution >= 4 is 11.6 Å². The van der Waals surface area contributed by atoms with Gasteiger partial charge in [-0.2, -0.15) is 0 Å². The third-order valence-electron chi connectivity index (χ3n) is 5.12. The molecule has 0 heterocycles. The zero-order valence-corrected chi connectivity index (χ0v) is 10.2. The molecule has 0 aromatic rings. The lowest BCUT2D eigenvalue weighted by molar-refractivity contribution is -0.124. The second-order valence-electron chi connectivity index (χ2n) is 6.41. The molecule has 3 aliphatic rings. The summed E-state index contributed by atoms with van der Waals surface area (Å²) in [5.74, 6) is 1.27. The lowest BCUT2D eigenvalue weighted by Gasteiger charge is -2.39. The maximum atomic E-state index is 11.7. The van der Waals surface area contributed by atoms with Crippen LogP contribution in [0.2, 0.25) is 0 Å². The second-order valence-corrected chi connectivity index (χ2v) is 6.41. The van der Waals surface area contributed by atoms with Gasteiger partial charge < -0.3 is 0 Å². The maximum Gasteiger partial charge on any atom is 0.156 e. The van der Waals surface area contributed by atoms with Gasteiger partial charge in [-0.15, -0.1) is 0 Å². The molecule has 3 rings (SSSR count). The van der Waals surface area contributed by atoms with Crippen molar-refractivity contribution in [3.63, 3.8) is 0 Å². The fourth-order valence-corrected chi connectivity index (χ4v) is 4.25. The Morgan fingerprint density at radius 3 is 2.69 bits per heavy atom. The van der Waals surface area contributed by atoms with Gasteiger partial charge in [0.1, 0.15) is 5.78 Å². The lowest BCUT2D eigenvalue weighted by Crippen LogP contribution is -2.35. The molecule has 0 bridgehead atoms. The number of fused-ring (bicyclic) bond motifs is 3. The Hall–Kier alpha value is -0.920. The zero-order chi connectivity index (χ0) is 11.7. The monoisotopic (exact) mass is 218 g/mol. The van der Waals surface area contributed by atoms with E-state index in [2.05, 4.69) is 13.8 Å². The number of carbonyl (C=O) groups is 2. The van der Waals surface area contributed by atoms with Crippen LogP contribution in [-0.4, -0.2) is 11.6 Å². The standard InChI is InChI=1S/C14H18O2/c1-8(15)10-6-13(2)5-9(16)4-12(13)14(3)7-11(10)14/h4,10-11H,5-7H2,1-3H3/t10-,11+,13-,14+/m1/s1. The normalized spacial score (nSPS) is 49.4. The first kappa shape index (κ1) is 10.2. The summed E-state index contributed by atoms with van der Waals surface area (Å²) < 4.78 is 0. The van der Waals surface area contributed by atoms with E-state index < -0.39 is 0 Å². The van der Waals surface area contributed by atoms with E-state index in [1.165, 1.54) is 5.57 Å². The molecule has 2 fully saturated rings. The molecule has 0 radical (unpaired) electrons. The highest BCUT2D eigenvalue weighted by molar-refractivity contribution is 5.95. The number of hydrogen-bond acceptors (Lipinski definition) is 2. The molecular formula is C14H18O2. The van der Waals surface area contributed by atoms with E-state index in [1.54, 1.807) is 6.92 Å². The van der Waals surface area contributed by atoms with Gasteiger partial charge in [-0.3, -0.25) is 9.59 Å². The third-order valence-corrected chi connectivity index (χ3v) is 5.12. The molecule has 0 aromatic heterocycles. The van der Waals surface area contributed by atoms with Crippen LogP contribution in [0.3, 0.4) is 0 Å². The van der Waals surface area contributed by atoms with Crippen LogP contribution in [0.15, 0.2) is 11.6 Å². The first-order valence-electron chi connectivity index (χ1n) is 6.13. The van der Waals surface area contributed by atoms with E-state index in [4.69, 9.17) is 0 Å². The van der Waals surface area contributed by atoms with Crippen LogP contribution in [-0.2, 0) is 9.59 Å². The molecule has 2 nitrogen and oxygen atoms in total. The summed E-state index contributed by atoms with van der Waals surface area (Å²) in [6.45, 7) is 6.10. The van der Waals surface area contributed by atoms with Crippen LogP contribution in [0.5, 0.6) is 0 Å². The van der Waals surface area contributed by atoms with Crippen molar-refractivity contribution in [2.75, 3.05) is 0 Å². The van der Waals surface area contributed by atoms with Crippen LogP contribution in [0, 0.1) is 22.7 Å². The largest absolute Gasteiger partial charge is 0.300 e. The van der Waals surface area contributed by atoms with Gasteiger partial charge in [0.25, 0.3) is 0 Å². The predicted molar refractivity (Wildman–Crippen MR) is 60.8 cm³/mol. The van der Waals surface area contributed by atoms with Crippen molar-refractivity contribution < 1.29 is 9.59 Å². The summed E-state index contributed by atoms with van der Waals surface area (Å²) in [6, 6.07) is 0. The van der Waals surface area contributed by atoms with Gasteiger partial charge in [0.2, 0.25) is 0 Å². The maximum absolute atomic E-state index is 11.7. The first-order chi connectivity index (χ1) is 7.37. The molecule has 2 heteroatoms. The van der Waals surface area contributed by atoms with E-state index in [0.717, 1.165) is 12.8 Å². The molecule has 0 spiro atoms. The molecular weight excluding hydrogens is 200 g/mol. The highest BCUT2D eigenvalue weighted by Crippen LogP contribution is 2.72. The van der Waals surface area contributed by atoms with Crippen LogP contribution in [0.4, 0.5) is 0 Å². The van der Waals surface area contributed by atoms with E-state index in [9.17, 15) is 9.59 Å². The Balaban J connectivity index is 2.04. The highest BCUT2D eigenvalue weighted by Gasteiger charge is 2.66. The van der Waals surface area contributed by atoms with Crippen LogP contribution in [0.25, 0.3) is 0 Å². The van der Waals surface area contributed by atoms with E-state index >= 15 is 0 Å². The highest BCUT2D eigenvalue weighted by atomic mass is 16.1. The number of carbonyl (C=O) groups excluding carboxylic acids is 2. The third kappa shape index (κ3) is 1.08. The van der Waals surface area contributed by atoms with Gasteiger partial charge in [-0.1, -0.05) is 19.4 Å². The Kier molecular flexibility index (Phi) is 1.71. The Bertz CT molecular complexity index is 434. The summed E-state index contributed by atoms with van der Waals surface area (Å²) in [5.41, 5.74) is 1.48. The smallest absolute Gasteiger partial charge is 0.156 e. The fourth-order valence-electron chi connectivity index (χ4n) is 4.25. The van der Waals surface area contributed by atoms with Gasteiger partial charge in [0.15, 0.2) is 5.78 Å². The fraction of sp³-hybridized carbons (Fsp3) is 0.714. The number of allylic oxidation sites excluding steroid dienone is 2. The average Bonchev–Trinajstić information content (AvgIpc) is 2.73. The van der Waals surface area contributed by atoms with Crippen molar-refractivity contribution in [2.45, 2.75) is 40.0 Å².